The average Bonchev–Trinajstić information content (AvgIpc) is 2.81. The molecule has 0 bridgehead atoms. The Labute approximate surface area is 94.3 Å². The summed E-state index contributed by atoms with van der Waals surface area (Å²) in [6.07, 6.45) is 3.69. The average molecular weight is 234 g/mol. The molecule has 0 unspecified atom stereocenters. The summed E-state index contributed by atoms with van der Waals surface area (Å²) < 4.78 is 4.51. The number of carboxylic acid groups (broad SMARTS) is 1. The van der Waals surface area contributed by atoms with Gasteiger partial charge in [-0.15, -0.1) is 0 Å². The van der Waals surface area contributed by atoms with Gasteiger partial charge < -0.3 is 14.9 Å². The molecule has 0 atom stereocenters. The van der Waals surface area contributed by atoms with Crippen molar-refractivity contribution in [1.82, 2.24) is 15.1 Å². The van der Waals surface area contributed by atoms with E-state index in [0.717, 1.165) is 0 Å². The number of nitrogens with one attached hydrogen (secondary N) is 1. The Kier molecular flexibility index (Phi) is 2.77. The first kappa shape index (κ1) is 10.7. The predicted molar refractivity (Wildman–Crippen MR) is 53.4 cm³/mol. The Morgan fingerprint density at radius 3 is 2.53 bits per heavy atom. The second-order valence-electron chi connectivity index (χ2n) is 2.90. The molecule has 2 N–H and O–H groups in total. The van der Waals surface area contributed by atoms with Gasteiger partial charge in [-0.25, -0.2) is 14.8 Å². The Hall–Kier alpha value is -2.77. The normalized spacial score (nSPS) is 9.88. The van der Waals surface area contributed by atoms with Gasteiger partial charge in [-0.1, -0.05) is 5.16 Å². The first-order chi connectivity index (χ1) is 8.18. The number of hydrogen-bond donors (Lipinski definition) is 2. The second-order valence-corrected chi connectivity index (χ2v) is 2.90. The molecule has 8 nitrogen and oxygen atoms in total. The number of carbonyl (C=O) groups excluding carboxylic acids is 1. The number of carboxylic acids is 1. The molecule has 0 aliphatic heterocycles. The lowest BCUT2D eigenvalue weighted by Crippen LogP contribution is -2.19. The monoisotopic (exact) mass is 234 g/mol. The Balaban J connectivity index is 2.28. The van der Waals surface area contributed by atoms with E-state index in [1.54, 1.807) is 0 Å². The predicted octanol–water partition coefficient (Wildman–Crippen LogP) is 0.415. The topological polar surface area (TPSA) is 118 Å². The van der Waals surface area contributed by atoms with Crippen LogP contribution in [0.5, 0.6) is 0 Å². The SMILES string of the molecule is O=C(O)c1nccnc1C(=O)Nc1ccon1. The highest BCUT2D eigenvalue weighted by molar-refractivity contribution is 6.08. The Morgan fingerprint density at radius 2 is 1.94 bits per heavy atom. The summed E-state index contributed by atoms with van der Waals surface area (Å²) in [4.78, 5) is 29.7. The van der Waals surface area contributed by atoms with Gasteiger partial charge in [0.15, 0.2) is 17.2 Å². The summed E-state index contributed by atoms with van der Waals surface area (Å²) in [5.74, 6) is -1.88. The van der Waals surface area contributed by atoms with Gasteiger partial charge in [-0.2, -0.15) is 0 Å². The number of aromatic carboxylic acids is 1. The summed E-state index contributed by atoms with van der Waals surface area (Å²) in [5.41, 5.74) is -0.712. The van der Waals surface area contributed by atoms with Crippen LogP contribution in [0.2, 0.25) is 0 Å². The van der Waals surface area contributed by atoms with Gasteiger partial charge in [0.25, 0.3) is 5.91 Å². The molecular weight excluding hydrogens is 228 g/mol. The van der Waals surface area contributed by atoms with E-state index in [1.807, 2.05) is 0 Å². The van der Waals surface area contributed by atoms with Crippen molar-refractivity contribution in [2.75, 3.05) is 5.32 Å². The quantitative estimate of drug-likeness (QED) is 0.789. The number of hydrogen-bond acceptors (Lipinski definition) is 6. The van der Waals surface area contributed by atoms with Crippen molar-refractivity contribution in [3.05, 3.63) is 36.1 Å². The van der Waals surface area contributed by atoms with E-state index in [4.69, 9.17) is 5.11 Å². The molecule has 0 aliphatic rings. The zero-order chi connectivity index (χ0) is 12.3. The molecule has 0 spiro atoms. The lowest BCUT2D eigenvalue weighted by molar-refractivity contribution is 0.0685. The molecule has 86 valence electrons. The van der Waals surface area contributed by atoms with E-state index >= 15 is 0 Å². The molecule has 8 heteroatoms. The molecule has 2 rings (SSSR count). The maximum absolute atomic E-state index is 11.7. The minimum Gasteiger partial charge on any atom is -0.476 e. The number of nitrogens with zero attached hydrogens (tertiary/aromatic N) is 3. The Morgan fingerprint density at radius 1 is 1.24 bits per heavy atom. The minimum absolute atomic E-state index is 0.164. The summed E-state index contributed by atoms with van der Waals surface area (Å²) >= 11 is 0. The molecule has 2 heterocycles. The van der Waals surface area contributed by atoms with Crippen LogP contribution in [0.1, 0.15) is 21.0 Å². The number of aromatic nitrogens is 3. The largest absolute Gasteiger partial charge is 0.476 e. The van der Waals surface area contributed by atoms with Gasteiger partial charge in [0, 0.05) is 18.5 Å². The van der Waals surface area contributed by atoms with Crippen LogP contribution in [-0.4, -0.2) is 32.1 Å². The third-order valence-electron chi connectivity index (χ3n) is 1.80. The lowest BCUT2D eigenvalue weighted by atomic mass is 10.3. The van der Waals surface area contributed by atoms with Gasteiger partial charge in [-0.05, 0) is 0 Å². The van der Waals surface area contributed by atoms with Crippen molar-refractivity contribution in [1.29, 1.82) is 0 Å². The van der Waals surface area contributed by atoms with E-state index in [0.29, 0.717) is 0 Å². The Bertz CT molecular complexity index is 552. The standard InChI is InChI=1S/C9H6N4O4/c14-8(12-5-1-4-17-13-5)6-7(9(15)16)11-3-2-10-6/h1-4H,(H,15,16)(H,12,13,14). The van der Waals surface area contributed by atoms with Crippen molar-refractivity contribution in [2.24, 2.45) is 0 Å². The van der Waals surface area contributed by atoms with E-state index < -0.39 is 17.6 Å². The number of amides is 1. The highest BCUT2D eigenvalue weighted by atomic mass is 16.5. The summed E-state index contributed by atoms with van der Waals surface area (Å²) in [6.45, 7) is 0. The fraction of sp³-hybridized carbons (Fsp3) is 0. The highest BCUT2D eigenvalue weighted by Gasteiger charge is 2.19. The first-order valence-electron chi connectivity index (χ1n) is 4.44. The molecule has 0 radical (unpaired) electrons. The smallest absolute Gasteiger partial charge is 0.356 e. The van der Waals surface area contributed by atoms with Crippen LogP contribution >= 0.6 is 0 Å². The van der Waals surface area contributed by atoms with E-state index in [-0.39, 0.29) is 11.5 Å². The van der Waals surface area contributed by atoms with Crippen LogP contribution in [0.25, 0.3) is 0 Å². The van der Waals surface area contributed by atoms with Gasteiger partial charge >= 0.3 is 5.97 Å². The number of anilines is 1. The second kappa shape index (κ2) is 4.39. The summed E-state index contributed by atoms with van der Waals surface area (Å²) in [7, 11) is 0. The van der Waals surface area contributed by atoms with Crippen LogP contribution in [0.3, 0.4) is 0 Å². The molecule has 0 saturated carbocycles. The van der Waals surface area contributed by atoms with Crippen LogP contribution in [0.15, 0.2) is 29.2 Å². The molecule has 2 aromatic rings. The summed E-state index contributed by atoms with van der Waals surface area (Å²) in [5, 5.41) is 14.6. The van der Waals surface area contributed by atoms with Crippen LogP contribution in [0, 0.1) is 0 Å². The highest BCUT2D eigenvalue weighted by Crippen LogP contribution is 2.07. The molecule has 17 heavy (non-hydrogen) atoms. The van der Waals surface area contributed by atoms with Crippen molar-refractivity contribution in [3.63, 3.8) is 0 Å². The van der Waals surface area contributed by atoms with Gasteiger partial charge in [0.2, 0.25) is 0 Å². The number of carbonyl (C=O) groups is 2. The van der Waals surface area contributed by atoms with Gasteiger partial charge in [-0.3, -0.25) is 4.79 Å². The lowest BCUT2D eigenvalue weighted by Gasteiger charge is -2.02. The molecule has 0 aromatic carbocycles. The fourth-order valence-corrected chi connectivity index (χ4v) is 1.11. The third-order valence-corrected chi connectivity index (χ3v) is 1.80. The molecule has 0 saturated heterocycles. The maximum Gasteiger partial charge on any atom is 0.356 e. The molecule has 1 amide bonds. The van der Waals surface area contributed by atoms with Crippen molar-refractivity contribution in [2.45, 2.75) is 0 Å². The molecule has 0 aliphatic carbocycles. The van der Waals surface area contributed by atoms with Crippen LogP contribution in [-0.2, 0) is 0 Å². The molecular formula is C9H6N4O4. The van der Waals surface area contributed by atoms with Crippen LogP contribution < -0.4 is 5.32 Å². The molecule has 0 fully saturated rings. The van der Waals surface area contributed by atoms with E-state index in [1.165, 1.54) is 24.7 Å². The number of rotatable bonds is 3. The van der Waals surface area contributed by atoms with Crippen LogP contribution in [0.4, 0.5) is 5.82 Å². The molecule has 2 aromatic heterocycles. The zero-order valence-electron chi connectivity index (χ0n) is 8.32. The first-order valence-corrected chi connectivity index (χ1v) is 4.44. The van der Waals surface area contributed by atoms with Gasteiger partial charge in [0.1, 0.15) is 6.26 Å². The van der Waals surface area contributed by atoms with E-state index in [2.05, 4.69) is 25.0 Å². The summed E-state index contributed by atoms with van der Waals surface area (Å²) in [6, 6.07) is 1.41. The van der Waals surface area contributed by atoms with Crippen molar-refractivity contribution in [3.8, 4) is 0 Å². The van der Waals surface area contributed by atoms with Crippen molar-refractivity contribution < 1.29 is 19.2 Å². The maximum atomic E-state index is 11.7. The van der Waals surface area contributed by atoms with E-state index in [9.17, 15) is 9.59 Å². The van der Waals surface area contributed by atoms with Gasteiger partial charge in [0.05, 0.1) is 0 Å². The fourth-order valence-electron chi connectivity index (χ4n) is 1.11. The van der Waals surface area contributed by atoms with Crippen molar-refractivity contribution >= 4 is 17.7 Å². The third kappa shape index (κ3) is 2.25. The zero-order valence-corrected chi connectivity index (χ0v) is 8.32. The minimum atomic E-state index is -1.33.